The second-order valence-corrected chi connectivity index (χ2v) is 5.14. The number of carbonyl (C=O) groups is 1. The van der Waals surface area contributed by atoms with E-state index in [9.17, 15) is 9.18 Å². The lowest BCUT2D eigenvalue weighted by Crippen LogP contribution is -2.17. The largest absolute Gasteiger partial charge is 0.398 e. The highest BCUT2D eigenvalue weighted by Gasteiger charge is 2.12. The maximum atomic E-state index is 13.6. The average Bonchev–Trinajstić information content (AvgIpc) is 2.27. The van der Waals surface area contributed by atoms with Crippen LogP contribution >= 0.6 is 11.8 Å². The predicted octanol–water partition coefficient (Wildman–Crippen LogP) is 1.92. The summed E-state index contributed by atoms with van der Waals surface area (Å²) in [5, 5.41) is 2.97. The summed E-state index contributed by atoms with van der Waals surface area (Å²) in [6.45, 7) is 2.69. The molecule has 1 amide bonds. The first-order valence-corrected chi connectivity index (χ1v) is 6.96. The van der Waals surface area contributed by atoms with Crippen LogP contribution in [0.4, 0.5) is 15.8 Å². The van der Waals surface area contributed by atoms with Crippen molar-refractivity contribution in [3.63, 3.8) is 0 Å². The minimum Gasteiger partial charge on any atom is -0.398 e. The monoisotopic (exact) mass is 271 g/mol. The van der Waals surface area contributed by atoms with Crippen LogP contribution in [0.25, 0.3) is 0 Å². The fourth-order valence-electron chi connectivity index (χ4n) is 1.57. The standard InChI is InChI=1S/C12H18FN3OS/c1-7(6-18-2)5-16-11-3-8(12(15)17)10(14)4-9(11)13/h3-4,7,16H,5-6,14H2,1-2H3,(H2,15,17). The lowest BCUT2D eigenvalue weighted by Gasteiger charge is -2.14. The summed E-state index contributed by atoms with van der Waals surface area (Å²) in [5.41, 5.74) is 11.1. The normalized spacial score (nSPS) is 12.2. The fourth-order valence-corrected chi connectivity index (χ4v) is 2.25. The van der Waals surface area contributed by atoms with Gasteiger partial charge in [-0.15, -0.1) is 0 Å². The molecule has 0 bridgehead atoms. The topological polar surface area (TPSA) is 81.1 Å². The smallest absolute Gasteiger partial charge is 0.250 e. The van der Waals surface area contributed by atoms with E-state index in [1.54, 1.807) is 11.8 Å². The molecule has 1 unspecified atom stereocenters. The van der Waals surface area contributed by atoms with Crippen LogP contribution in [0.5, 0.6) is 0 Å². The van der Waals surface area contributed by atoms with Crippen LogP contribution < -0.4 is 16.8 Å². The van der Waals surface area contributed by atoms with Gasteiger partial charge in [-0.25, -0.2) is 4.39 Å². The summed E-state index contributed by atoms with van der Waals surface area (Å²) in [7, 11) is 0. The molecule has 1 aromatic rings. The molecule has 0 aliphatic heterocycles. The van der Waals surface area contributed by atoms with Crippen LogP contribution in [0, 0.1) is 11.7 Å². The molecule has 100 valence electrons. The number of halogens is 1. The number of hydrogen-bond acceptors (Lipinski definition) is 4. The van der Waals surface area contributed by atoms with Gasteiger partial charge in [0.2, 0.25) is 0 Å². The fraction of sp³-hybridized carbons (Fsp3) is 0.417. The van der Waals surface area contributed by atoms with Crippen molar-refractivity contribution in [2.45, 2.75) is 6.92 Å². The second-order valence-electron chi connectivity index (χ2n) is 4.22. The Hall–Kier alpha value is -1.43. The summed E-state index contributed by atoms with van der Waals surface area (Å²) in [5.74, 6) is 0.238. The molecule has 0 aromatic heterocycles. The van der Waals surface area contributed by atoms with E-state index in [2.05, 4.69) is 12.2 Å². The van der Waals surface area contributed by atoms with Gasteiger partial charge in [-0.2, -0.15) is 11.8 Å². The lowest BCUT2D eigenvalue weighted by atomic mass is 10.1. The van der Waals surface area contributed by atoms with E-state index in [1.165, 1.54) is 6.07 Å². The highest BCUT2D eigenvalue weighted by Crippen LogP contribution is 2.22. The third-order valence-electron chi connectivity index (χ3n) is 2.50. The molecule has 5 N–H and O–H groups in total. The van der Waals surface area contributed by atoms with E-state index in [1.807, 2.05) is 6.26 Å². The number of amides is 1. The van der Waals surface area contributed by atoms with Crippen LogP contribution in [-0.2, 0) is 0 Å². The van der Waals surface area contributed by atoms with E-state index in [0.717, 1.165) is 11.8 Å². The third-order valence-corrected chi connectivity index (χ3v) is 3.40. The van der Waals surface area contributed by atoms with Gasteiger partial charge in [0.15, 0.2) is 0 Å². The van der Waals surface area contributed by atoms with Gasteiger partial charge in [-0.3, -0.25) is 4.79 Å². The van der Waals surface area contributed by atoms with Gasteiger partial charge >= 0.3 is 0 Å². The number of nitrogen functional groups attached to an aromatic ring is 1. The molecule has 1 atom stereocenters. The summed E-state index contributed by atoms with van der Waals surface area (Å²) in [6, 6.07) is 2.47. The molecule has 0 saturated heterocycles. The molecule has 0 aliphatic rings. The Balaban J connectivity index is 2.82. The maximum Gasteiger partial charge on any atom is 0.250 e. The van der Waals surface area contributed by atoms with Gasteiger partial charge in [0.05, 0.1) is 11.3 Å². The van der Waals surface area contributed by atoms with Crippen LogP contribution in [-0.4, -0.2) is 24.5 Å². The number of thioether (sulfide) groups is 1. The average molecular weight is 271 g/mol. The second kappa shape index (κ2) is 6.49. The summed E-state index contributed by atoms with van der Waals surface area (Å²) < 4.78 is 13.6. The molecule has 18 heavy (non-hydrogen) atoms. The molecular formula is C12H18FN3OS. The van der Waals surface area contributed by atoms with E-state index < -0.39 is 11.7 Å². The van der Waals surface area contributed by atoms with E-state index in [-0.39, 0.29) is 16.9 Å². The van der Waals surface area contributed by atoms with E-state index in [4.69, 9.17) is 11.5 Å². The van der Waals surface area contributed by atoms with E-state index in [0.29, 0.717) is 12.5 Å². The van der Waals surface area contributed by atoms with Crippen molar-refractivity contribution in [3.05, 3.63) is 23.5 Å². The SMILES string of the molecule is CSCC(C)CNc1cc(C(N)=O)c(N)cc1F. The van der Waals surface area contributed by atoms with Crippen LogP contribution in [0.2, 0.25) is 0 Å². The van der Waals surface area contributed by atoms with Crippen molar-refractivity contribution < 1.29 is 9.18 Å². The minimum atomic E-state index is -0.660. The first-order chi connectivity index (χ1) is 8.45. The maximum absolute atomic E-state index is 13.6. The number of benzene rings is 1. The first-order valence-electron chi connectivity index (χ1n) is 5.57. The zero-order chi connectivity index (χ0) is 13.7. The number of rotatable bonds is 6. The quantitative estimate of drug-likeness (QED) is 0.690. The third kappa shape index (κ3) is 3.80. The van der Waals surface area contributed by atoms with Gasteiger partial charge in [0.1, 0.15) is 5.82 Å². The molecule has 0 spiro atoms. The Morgan fingerprint density at radius 2 is 2.22 bits per heavy atom. The number of hydrogen-bond donors (Lipinski definition) is 3. The Morgan fingerprint density at radius 3 is 2.78 bits per heavy atom. The number of primary amides is 1. The Morgan fingerprint density at radius 1 is 1.56 bits per heavy atom. The predicted molar refractivity (Wildman–Crippen MR) is 75.4 cm³/mol. The van der Waals surface area contributed by atoms with Crippen molar-refractivity contribution in [3.8, 4) is 0 Å². The summed E-state index contributed by atoms with van der Waals surface area (Å²) in [4.78, 5) is 11.1. The van der Waals surface area contributed by atoms with Gasteiger partial charge in [0.25, 0.3) is 5.91 Å². The first kappa shape index (κ1) is 14.6. The molecule has 1 rings (SSSR count). The molecule has 0 aliphatic carbocycles. The zero-order valence-corrected chi connectivity index (χ0v) is 11.3. The molecule has 0 radical (unpaired) electrons. The van der Waals surface area contributed by atoms with E-state index >= 15 is 0 Å². The molecule has 4 nitrogen and oxygen atoms in total. The molecule has 6 heteroatoms. The summed E-state index contributed by atoms with van der Waals surface area (Å²) in [6.07, 6.45) is 2.02. The zero-order valence-electron chi connectivity index (χ0n) is 10.5. The van der Waals surface area contributed by atoms with Gasteiger partial charge in [-0.1, -0.05) is 6.92 Å². The Labute approximate surface area is 110 Å². The minimum absolute atomic E-state index is 0.0581. The molecule has 0 fully saturated rings. The van der Waals surface area contributed by atoms with Gasteiger partial charge < -0.3 is 16.8 Å². The van der Waals surface area contributed by atoms with Crippen LogP contribution in [0.15, 0.2) is 12.1 Å². The Bertz CT molecular complexity index is 440. The summed E-state index contributed by atoms with van der Waals surface area (Å²) >= 11 is 1.73. The number of nitrogens with one attached hydrogen (secondary N) is 1. The van der Waals surface area contributed by atoms with Crippen molar-refractivity contribution in [1.29, 1.82) is 0 Å². The van der Waals surface area contributed by atoms with Crippen LogP contribution in [0.3, 0.4) is 0 Å². The Kier molecular flexibility index (Phi) is 5.27. The molecule has 0 saturated carbocycles. The van der Waals surface area contributed by atoms with Crippen LogP contribution in [0.1, 0.15) is 17.3 Å². The van der Waals surface area contributed by atoms with Crippen molar-refractivity contribution in [2.75, 3.05) is 29.6 Å². The molecule has 0 heterocycles. The van der Waals surface area contributed by atoms with Crippen molar-refractivity contribution >= 4 is 29.0 Å². The number of nitrogens with two attached hydrogens (primary N) is 2. The molecular weight excluding hydrogens is 253 g/mol. The van der Waals surface area contributed by atoms with Gasteiger partial charge in [0, 0.05) is 12.2 Å². The lowest BCUT2D eigenvalue weighted by molar-refractivity contribution is 0.100. The van der Waals surface area contributed by atoms with Crippen molar-refractivity contribution in [2.24, 2.45) is 11.7 Å². The highest BCUT2D eigenvalue weighted by molar-refractivity contribution is 7.98. The van der Waals surface area contributed by atoms with Gasteiger partial charge in [-0.05, 0) is 30.1 Å². The van der Waals surface area contributed by atoms with Crippen molar-refractivity contribution in [1.82, 2.24) is 0 Å². The number of carbonyl (C=O) groups excluding carboxylic acids is 1. The number of anilines is 2. The highest BCUT2D eigenvalue weighted by atomic mass is 32.2. The molecule has 1 aromatic carbocycles.